The Morgan fingerprint density at radius 2 is 2.36 bits per heavy atom. The second-order valence-corrected chi connectivity index (χ2v) is 2.94. The molecule has 2 aromatic rings. The Hall–Kier alpha value is -1.91. The van der Waals surface area contributed by atoms with Gasteiger partial charge in [-0.15, -0.1) is 0 Å². The molecule has 72 valence electrons. The van der Waals surface area contributed by atoms with Gasteiger partial charge in [-0.3, -0.25) is 9.89 Å². The van der Waals surface area contributed by atoms with Crippen molar-refractivity contribution in [2.75, 3.05) is 0 Å². The maximum atomic E-state index is 13.5. The zero-order valence-corrected chi connectivity index (χ0v) is 7.12. The third-order valence-electron chi connectivity index (χ3n) is 1.98. The number of halogens is 1. The van der Waals surface area contributed by atoms with Gasteiger partial charge in [0.25, 0.3) is 0 Å². The number of aliphatic carboxylic acids is 1. The van der Waals surface area contributed by atoms with E-state index in [1.807, 2.05) is 0 Å². The van der Waals surface area contributed by atoms with Gasteiger partial charge in [-0.1, -0.05) is 6.07 Å². The molecule has 2 N–H and O–H groups in total. The molecule has 1 aromatic carbocycles. The van der Waals surface area contributed by atoms with Gasteiger partial charge in [0.1, 0.15) is 5.82 Å². The molecule has 0 aliphatic heterocycles. The van der Waals surface area contributed by atoms with Crippen LogP contribution in [0.1, 0.15) is 5.56 Å². The maximum absolute atomic E-state index is 13.5. The molecule has 0 amide bonds. The van der Waals surface area contributed by atoms with E-state index in [1.165, 1.54) is 12.3 Å². The number of carbonyl (C=O) groups is 1. The Balaban J connectivity index is 2.56. The van der Waals surface area contributed by atoms with E-state index in [0.717, 1.165) is 0 Å². The minimum absolute atomic E-state index is 0.173. The Morgan fingerprint density at radius 3 is 3.07 bits per heavy atom. The number of carboxylic acid groups (broad SMARTS) is 1. The molecule has 4 nitrogen and oxygen atoms in total. The van der Waals surface area contributed by atoms with Gasteiger partial charge in [0.2, 0.25) is 0 Å². The predicted octanol–water partition coefficient (Wildman–Crippen LogP) is 1.33. The lowest BCUT2D eigenvalue weighted by Gasteiger charge is -1.99. The van der Waals surface area contributed by atoms with Gasteiger partial charge in [-0.2, -0.15) is 5.10 Å². The molecule has 0 atom stereocenters. The van der Waals surface area contributed by atoms with Crippen molar-refractivity contribution in [2.24, 2.45) is 0 Å². The lowest BCUT2D eigenvalue weighted by molar-refractivity contribution is -0.136. The van der Waals surface area contributed by atoms with E-state index >= 15 is 0 Å². The van der Waals surface area contributed by atoms with E-state index in [1.54, 1.807) is 6.07 Å². The van der Waals surface area contributed by atoms with Crippen molar-refractivity contribution in [3.05, 3.63) is 29.7 Å². The Kier molecular flexibility index (Phi) is 1.92. The zero-order valence-electron chi connectivity index (χ0n) is 7.12. The van der Waals surface area contributed by atoms with Crippen molar-refractivity contribution >= 4 is 16.9 Å². The molecule has 14 heavy (non-hydrogen) atoms. The van der Waals surface area contributed by atoms with E-state index in [9.17, 15) is 9.18 Å². The summed E-state index contributed by atoms with van der Waals surface area (Å²) in [5.41, 5.74) is 0.739. The number of H-pyrrole nitrogens is 1. The molecule has 5 heteroatoms. The number of fused-ring (bicyclic) bond motifs is 1. The maximum Gasteiger partial charge on any atom is 0.307 e. The molecule has 0 radical (unpaired) electrons. The van der Waals surface area contributed by atoms with E-state index in [-0.39, 0.29) is 12.0 Å². The fraction of sp³-hybridized carbons (Fsp3) is 0.111. The van der Waals surface area contributed by atoms with Crippen molar-refractivity contribution < 1.29 is 14.3 Å². The van der Waals surface area contributed by atoms with Gasteiger partial charge in [-0.25, -0.2) is 4.39 Å². The standard InChI is InChI=1S/C9H7FN2O2/c10-9-5(3-8(13)14)1-2-7-6(9)4-11-12-7/h1-2,4H,3H2,(H,11,12)(H,13,14). The summed E-state index contributed by atoms with van der Waals surface area (Å²) in [6.07, 6.45) is 1.03. The SMILES string of the molecule is O=C(O)Cc1ccc2[nH]ncc2c1F. The molecule has 1 heterocycles. The zero-order chi connectivity index (χ0) is 10.1. The first kappa shape index (κ1) is 8.68. The average molecular weight is 194 g/mol. The number of hydrogen-bond acceptors (Lipinski definition) is 2. The third-order valence-corrected chi connectivity index (χ3v) is 1.98. The number of nitrogens with one attached hydrogen (secondary N) is 1. The summed E-state index contributed by atoms with van der Waals surface area (Å²) >= 11 is 0. The molecule has 0 aliphatic carbocycles. The van der Waals surface area contributed by atoms with Gasteiger partial charge in [-0.05, 0) is 11.6 Å². The first-order valence-corrected chi connectivity index (χ1v) is 4.00. The van der Waals surface area contributed by atoms with E-state index in [0.29, 0.717) is 10.9 Å². The largest absolute Gasteiger partial charge is 0.481 e. The molecular formula is C9H7FN2O2. The molecule has 0 spiro atoms. The number of benzene rings is 1. The Bertz CT molecular complexity index is 493. The van der Waals surface area contributed by atoms with Gasteiger partial charge < -0.3 is 5.11 Å². The van der Waals surface area contributed by atoms with Crippen LogP contribution in [0, 0.1) is 5.82 Å². The minimum atomic E-state index is -1.05. The van der Waals surface area contributed by atoms with Crippen LogP contribution in [0.5, 0.6) is 0 Å². The van der Waals surface area contributed by atoms with Crippen LogP contribution >= 0.6 is 0 Å². The third kappa shape index (κ3) is 1.32. The van der Waals surface area contributed by atoms with Crippen LogP contribution in [-0.2, 0) is 11.2 Å². The van der Waals surface area contributed by atoms with Crippen LogP contribution in [-0.4, -0.2) is 21.3 Å². The van der Waals surface area contributed by atoms with Crippen LogP contribution < -0.4 is 0 Å². The molecule has 0 unspecified atom stereocenters. The molecule has 0 aliphatic rings. The van der Waals surface area contributed by atoms with E-state index < -0.39 is 11.8 Å². The second-order valence-electron chi connectivity index (χ2n) is 2.94. The van der Waals surface area contributed by atoms with Crippen molar-refractivity contribution in [3.8, 4) is 0 Å². The van der Waals surface area contributed by atoms with Crippen LogP contribution in [0.15, 0.2) is 18.3 Å². The van der Waals surface area contributed by atoms with Gasteiger partial charge >= 0.3 is 5.97 Å². The van der Waals surface area contributed by atoms with Crippen molar-refractivity contribution in [3.63, 3.8) is 0 Å². The summed E-state index contributed by atoms with van der Waals surface area (Å²) in [6.45, 7) is 0. The fourth-order valence-corrected chi connectivity index (χ4v) is 1.33. The highest BCUT2D eigenvalue weighted by atomic mass is 19.1. The number of aromatic nitrogens is 2. The highest BCUT2D eigenvalue weighted by molar-refractivity contribution is 5.81. The lowest BCUT2D eigenvalue weighted by Crippen LogP contribution is -2.02. The van der Waals surface area contributed by atoms with Gasteiger partial charge in [0, 0.05) is 0 Å². The van der Waals surface area contributed by atoms with Crippen molar-refractivity contribution in [2.45, 2.75) is 6.42 Å². The molecule has 2 rings (SSSR count). The number of rotatable bonds is 2. The number of hydrogen-bond donors (Lipinski definition) is 2. The first-order valence-electron chi connectivity index (χ1n) is 4.00. The summed E-state index contributed by atoms with van der Waals surface area (Å²) in [5, 5.41) is 15.1. The first-order chi connectivity index (χ1) is 6.68. The van der Waals surface area contributed by atoms with Crippen LogP contribution in [0.4, 0.5) is 4.39 Å². The van der Waals surface area contributed by atoms with E-state index in [2.05, 4.69) is 10.2 Å². The van der Waals surface area contributed by atoms with E-state index in [4.69, 9.17) is 5.11 Å². The smallest absolute Gasteiger partial charge is 0.307 e. The monoisotopic (exact) mass is 194 g/mol. The fourth-order valence-electron chi connectivity index (χ4n) is 1.33. The highest BCUT2D eigenvalue weighted by Gasteiger charge is 2.10. The van der Waals surface area contributed by atoms with Crippen LogP contribution in [0.25, 0.3) is 10.9 Å². The normalized spacial score (nSPS) is 10.6. The number of aromatic amines is 1. The molecule has 0 saturated carbocycles. The summed E-state index contributed by atoms with van der Waals surface area (Å²) < 4.78 is 13.5. The number of carboxylic acids is 1. The summed E-state index contributed by atoms with van der Waals surface area (Å²) in [4.78, 5) is 10.4. The topological polar surface area (TPSA) is 66.0 Å². The Labute approximate surface area is 78.4 Å². The van der Waals surface area contributed by atoms with Gasteiger partial charge in [0.05, 0.1) is 23.5 Å². The molecular weight excluding hydrogens is 187 g/mol. The molecule has 0 saturated heterocycles. The average Bonchev–Trinajstić information content (AvgIpc) is 2.57. The molecule has 1 aromatic heterocycles. The summed E-state index contributed by atoms with van der Waals surface area (Å²) in [7, 11) is 0. The molecule has 0 bridgehead atoms. The second kappa shape index (κ2) is 3.10. The van der Waals surface area contributed by atoms with Crippen molar-refractivity contribution in [1.29, 1.82) is 0 Å². The lowest BCUT2D eigenvalue weighted by atomic mass is 10.1. The summed E-state index contributed by atoms with van der Waals surface area (Å²) in [5.74, 6) is -1.56. The molecule has 0 fully saturated rings. The summed E-state index contributed by atoms with van der Waals surface area (Å²) in [6, 6.07) is 3.06. The quantitative estimate of drug-likeness (QED) is 0.757. The van der Waals surface area contributed by atoms with Gasteiger partial charge in [0.15, 0.2) is 0 Å². The number of nitrogens with zero attached hydrogens (tertiary/aromatic N) is 1. The predicted molar refractivity (Wildman–Crippen MR) is 47.4 cm³/mol. The van der Waals surface area contributed by atoms with Crippen LogP contribution in [0.2, 0.25) is 0 Å². The Morgan fingerprint density at radius 1 is 1.57 bits per heavy atom. The van der Waals surface area contributed by atoms with Crippen molar-refractivity contribution in [1.82, 2.24) is 10.2 Å². The highest BCUT2D eigenvalue weighted by Crippen LogP contribution is 2.19. The minimum Gasteiger partial charge on any atom is -0.481 e. The van der Waals surface area contributed by atoms with Crippen LogP contribution in [0.3, 0.4) is 0 Å².